The molecule has 9 nitrogen and oxygen atoms in total. The predicted octanol–water partition coefficient (Wildman–Crippen LogP) is 0.501. The van der Waals surface area contributed by atoms with Crippen molar-refractivity contribution in [3.8, 4) is 0 Å². The molecule has 2 aromatic rings. The number of carbonyl (C=O) groups is 1. The molecule has 1 aliphatic heterocycles. The summed E-state index contributed by atoms with van der Waals surface area (Å²) in [6.45, 7) is 5.40. The van der Waals surface area contributed by atoms with Gasteiger partial charge in [0.15, 0.2) is 0 Å². The fourth-order valence-electron chi connectivity index (χ4n) is 2.93. The van der Waals surface area contributed by atoms with E-state index < -0.39 is 4.92 Å². The van der Waals surface area contributed by atoms with E-state index in [0.29, 0.717) is 50.7 Å². The van der Waals surface area contributed by atoms with Gasteiger partial charge in [-0.15, -0.1) is 0 Å². The van der Waals surface area contributed by atoms with Gasteiger partial charge in [0.25, 0.3) is 0 Å². The van der Waals surface area contributed by atoms with Crippen molar-refractivity contribution in [2.75, 3.05) is 44.2 Å². The van der Waals surface area contributed by atoms with E-state index in [1.807, 2.05) is 16.7 Å². The second kappa shape index (κ2) is 6.83. The lowest BCUT2D eigenvalue weighted by atomic mass is 10.3. The maximum atomic E-state index is 11.7. The topological polar surface area (TPSA) is 96.0 Å². The number of nitrogens with zero attached hydrogens (tertiary/aromatic N) is 5. The van der Waals surface area contributed by atoms with Crippen LogP contribution >= 0.6 is 0 Å². The molecule has 1 aliphatic rings. The van der Waals surface area contributed by atoms with Crippen LogP contribution < -0.4 is 10.2 Å². The smallest absolute Gasteiger partial charge is 0.358 e. The summed E-state index contributed by atoms with van der Waals surface area (Å²) in [7, 11) is 0. The summed E-state index contributed by atoms with van der Waals surface area (Å²) in [5, 5.41) is 14.3. The Labute approximate surface area is 139 Å². The van der Waals surface area contributed by atoms with Gasteiger partial charge >= 0.3 is 5.82 Å². The van der Waals surface area contributed by atoms with Crippen LogP contribution in [-0.2, 0) is 4.79 Å². The molecule has 1 N–H and O–H groups in total. The van der Waals surface area contributed by atoms with Gasteiger partial charge in [0.2, 0.25) is 17.4 Å². The van der Waals surface area contributed by atoms with E-state index in [9.17, 15) is 14.9 Å². The van der Waals surface area contributed by atoms with E-state index in [1.165, 1.54) is 4.40 Å². The number of hydrogen-bond acceptors (Lipinski definition) is 6. The molecule has 1 fully saturated rings. The van der Waals surface area contributed by atoms with E-state index in [4.69, 9.17) is 0 Å². The molecule has 24 heavy (non-hydrogen) atoms. The van der Waals surface area contributed by atoms with Crippen molar-refractivity contribution in [2.24, 2.45) is 0 Å². The van der Waals surface area contributed by atoms with Crippen LogP contribution in [0.3, 0.4) is 0 Å². The predicted molar refractivity (Wildman–Crippen MR) is 89.2 cm³/mol. The fraction of sp³-hybridized carbons (Fsp3) is 0.467. The first-order valence-electron chi connectivity index (χ1n) is 7.95. The van der Waals surface area contributed by atoms with E-state index >= 15 is 0 Å². The van der Waals surface area contributed by atoms with Crippen LogP contribution in [0.4, 0.5) is 11.6 Å². The lowest BCUT2D eigenvalue weighted by molar-refractivity contribution is -0.389. The molecule has 0 radical (unpaired) electrons. The Morgan fingerprint density at radius 2 is 2.08 bits per heavy atom. The summed E-state index contributed by atoms with van der Waals surface area (Å²) in [4.78, 5) is 31.1. The molecule has 128 valence electrons. The Bertz CT molecular complexity index is 751. The van der Waals surface area contributed by atoms with Gasteiger partial charge in [-0.2, -0.15) is 9.38 Å². The first-order chi connectivity index (χ1) is 11.6. The maximum absolute atomic E-state index is 11.7. The van der Waals surface area contributed by atoms with Crippen LogP contribution in [0.25, 0.3) is 5.65 Å². The molecule has 0 atom stereocenters. The van der Waals surface area contributed by atoms with Gasteiger partial charge in [-0.1, -0.05) is 6.07 Å². The molecular weight excluding hydrogens is 312 g/mol. The molecule has 3 rings (SSSR count). The number of piperazine rings is 1. The molecule has 0 unspecified atom stereocenters. The molecule has 1 saturated heterocycles. The first kappa shape index (κ1) is 16.2. The zero-order valence-electron chi connectivity index (χ0n) is 13.5. The van der Waals surface area contributed by atoms with Crippen LogP contribution in [0.5, 0.6) is 0 Å². The zero-order chi connectivity index (χ0) is 17.1. The Hall–Kier alpha value is -2.68. The van der Waals surface area contributed by atoms with Crippen molar-refractivity contribution in [1.29, 1.82) is 0 Å². The lowest BCUT2D eigenvalue weighted by Crippen LogP contribution is -2.49. The molecule has 0 aromatic carbocycles. The fourth-order valence-corrected chi connectivity index (χ4v) is 2.93. The van der Waals surface area contributed by atoms with Crippen molar-refractivity contribution in [1.82, 2.24) is 19.6 Å². The molecule has 0 bridgehead atoms. The largest absolute Gasteiger partial charge is 0.372 e. The number of rotatable bonds is 5. The van der Waals surface area contributed by atoms with Crippen LogP contribution in [0.1, 0.15) is 6.92 Å². The van der Waals surface area contributed by atoms with Crippen molar-refractivity contribution in [3.05, 3.63) is 34.5 Å². The third-order valence-corrected chi connectivity index (χ3v) is 4.07. The van der Waals surface area contributed by atoms with Gasteiger partial charge in [0, 0.05) is 38.8 Å². The minimum atomic E-state index is -0.392. The highest BCUT2D eigenvalue weighted by molar-refractivity contribution is 5.78. The average molecular weight is 332 g/mol. The average Bonchev–Trinajstić information content (AvgIpc) is 2.95. The molecule has 1 amide bonds. The normalized spacial score (nSPS) is 15.6. The summed E-state index contributed by atoms with van der Waals surface area (Å²) in [5.41, 5.74) is 0.559. The van der Waals surface area contributed by atoms with Gasteiger partial charge in [-0.25, -0.2) is 0 Å². The van der Waals surface area contributed by atoms with Gasteiger partial charge in [0.1, 0.15) is 0 Å². The van der Waals surface area contributed by atoms with E-state index in [0.717, 1.165) is 0 Å². The van der Waals surface area contributed by atoms with Crippen LogP contribution in [0, 0.1) is 10.1 Å². The minimum Gasteiger partial charge on any atom is -0.358 e. The van der Waals surface area contributed by atoms with E-state index in [-0.39, 0.29) is 11.7 Å². The van der Waals surface area contributed by atoms with Gasteiger partial charge in [0.05, 0.1) is 12.7 Å². The molecule has 2 aromatic heterocycles. The summed E-state index contributed by atoms with van der Waals surface area (Å²) in [6.07, 6.45) is 1.65. The van der Waals surface area contributed by atoms with Gasteiger partial charge in [-0.05, 0) is 17.9 Å². The number of likely N-dealkylation sites (N-methyl/N-ethyl adjacent to an activating group) is 1. The summed E-state index contributed by atoms with van der Waals surface area (Å²) >= 11 is 0. The van der Waals surface area contributed by atoms with Gasteiger partial charge in [-0.3, -0.25) is 9.69 Å². The number of hydrogen-bond donors (Lipinski definition) is 1. The lowest BCUT2D eigenvalue weighted by Gasteiger charge is -2.33. The van der Waals surface area contributed by atoms with Gasteiger partial charge < -0.3 is 20.3 Å². The number of fused-ring (bicyclic) bond motifs is 1. The van der Waals surface area contributed by atoms with Crippen molar-refractivity contribution < 1.29 is 9.72 Å². The third kappa shape index (κ3) is 3.16. The quantitative estimate of drug-likeness (QED) is 0.633. The minimum absolute atomic E-state index is 0.00432. The molecule has 3 heterocycles. The second-order valence-electron chi connectivity index (χ2n) is 5.66. The zero-order valence-corrected chi connectivity index (χ0v) is 13.5. The SMILES string of the molecule is CCNC(=O)CN1CCN(c2nc3ccccn3c2[N+](=O)[O-])CC1. The Balaban J connectivity index is 1.75. The maximum Gasteiger partial charge on any atom is 0.372 e. The molecule has 9 heteroatoms. The summed E-state index contributed by atoms with van der Waals surface area (Å²) in [5.74, 6) is 0.385. The Morgan fingerprint density at radius 3 is 2.75 bits per heavy atom. The van der Waals surface area contributed by atoms with Crippen molar-refractivity contribution in [2.45, 2.75) is 6.92 Å². The summed E-state index contributed by atoms with van der Waals surface area (Å²) < 4.78 is 1.50. The Morgan fingerprint density at radius 1 is 1.33 bits per heavy atom. The number of pyridine rings is 1. The summed E-state index contributed by atoms with van der Waals surface area (Å²) in [6, 6.07) is 5.30. The monoisotopic (exact) mass is 332 g/mol. The highest BCUT2D eigenvalue weighted by Gasteiger charge is 2.29. The number of aromatic nitrogens is 2. The third-order valence-electron chi connectivity index (χ3n) is 4.07. The highest BCUT2D eigenvalue weighted by atomic mass is 16.6. The molecule has 0 aliphatic carbocycles. The molecule has 0 saturated carbocycles. The standard InChI is InChI=1S/C15H20N6O3/c1-2-16-13(22)11-18-7-9-19(10-8-18)14-15(21(23)24)20-6-4-3-5-12(20)17-14/h3-6H,2,7-11H2,1H3,(H,16,22). The second-order valence-corrected chi connectivity index (χ2v) is 5.66. The highest BCUT2D eigenvalue weighted by Crippen LogP contribution is 2.29. The Kier molecular flexibility index (Phi) is 4.61. The number of amides is 1. The van der Waals surface area contributed by atoms with Crippen molar-refractivity contribution in [3.63, 3.8) is 0 Å². The number of carbonyl (C=O) groups excluding carboxylic acids is 1. The van der Waals surface area contributed by atoms with Crippen LogP contribution in [0.2, 0.25) is 0 Å². The van der Waals surface area contributed by atoms with E-state index in [1.54, 1.807) is 24.4 Å². The number of nitro groups is 1. The molecule has 0 spiro atoms. The molecular formula is C15H20N6O3. The van der Waals surface area contributed by atoms with Crippen molar-refractivity contribution >= 4 is 23.2 Å². The van der Waals surface area contributed by atoms with Crippen LogP contribution in [0.15, 0.2) is 24.4 Å². The first-order valence-corrected chi connectivity index (χ1v) is 7.95. The van der Waals surface area contributed by atoms with Crippen LogP contribution in [-0.4, -0.2) is 64.4 Å². The number of anilines is 1. The van der Waals surface area contributed by atoms with E-state index in [2.05, 4.69) is 10.3 Å². The number of imidazole rings is 1. The number of nitrogens with one attached hydrogen (secondary N) is 1.